The van der Waals surface area contributed by atoms with Crippen molar-refractivity contribution in [3.05, 3.63) is 89.1 Å². The molecule has 2 aliphatic rings. The number of para-hydroxylation sites is 2. The summed E-state index contributed by atoms with van der Waals surface area (Å²) in [7, 11) is 1.52. The van der Waals surface area contributed by atoms with Crippen LogP contribution in [0.1, 0.15) is 49.3 Å². The van der Waals surface area contributed by atoms with Crippen molar-refractivity contribution in [1.82, 2.24) is 0 Å². The molecule has 3 aromatic rings. The zero-order valence-corrected chi connectivity index (χ0v) is 20.0. The number of ether oxygens (including phenoxy) is 2. The zero-order chi connectivity index (χ0) is 24.4. The van der Waals surface area contributed by atoms with Crippen molar-refractivity contribution in [2.45, 2.75) is 38.1 Å². The summed E-state index contributed by atoms with van der Waals surface area (Å²) in [6, 6.07) is 21.0. The molecule has 2 atom stereocenters. The number of anilines is 2. The highest BCUT2D eigenvalue weighted by atomic mass is 16.5. The number of methoxy groups -OCH3 is 1. The quantitative estimate of drug-likeness (QED) is 0.400. The number of carbonyl (C=O) groups is 1. The van der Waals surface area contributed by atoms with Gasteiger partial charge in [-0.1, -0.05) is 37.3 Å². The molecule has 1 heterocycles. The second kappa shape index (κ2) is 9.74. The lowest BCUT2D eigenvalue weighted by atomic mass is 9.78. The van der Waals surface area contributed by atoms with E-state index in [1.54, 1.807) is 12.1 Å². The van der Waals surface area contributed by atoms with Gasteiger partial charge in [0, 0.05) is 17.7 Å². The van der Waals surface area contributed by atoms with Crippen LogP contribution in [0.2, 0.25) is 0 Å². The fourth-order valence-electron chi connectivity index (χ4n) is 4.91. The lowest BCUT2D eigenvalue weighted by molar-refractivity contribution is -0.116. The third-order valence-corrected chi connectivity index (χ3v) is 6.67. The molecule has 0 saturated heterocycles. The standard InChI is InChI=1S/C29H30N2O4/c1-3-14-35-21-11-8-18(9-12-21)20-15-24-28(26(33)16-20)29(19-10-13-25(32)27(17-19)34-2)31-23-7-5-4-6-22(23)30-24/h4-13,17,20,29-32H,3,14-16H2,1-2H3. The molecular formula is C29H30N2O4. The van der Waals surface area contributed by atoms with Gasteiger partial charge in [-0.15, -0.1) is 0 Å². The number of rotatable bonds is 6. The second-order valence-corrected chi connectivity index (χ2v) is 9.02. The molecule has 180 valence electrons. The highest BCUT2D eigenvalue weighted by Gasteiger charge is 2.36. The lowest BCUT2D eigenvalue weighted by Crippen LogP contribution is -2.26. The van der Waals surface area contributed by atoms with Crippen LogP contribution in [0.4, 0.5) is 11.4 Å². The molecule has 1 aliphatic heterocycles. The van der Waals surface area contributed by atoms with Crippen LogP contribution in [0.3, 0.4) is 0 Å². The molecule has 1 aliphatic carbocycles. The monoisotopic (exact) mass is 470 g/mol. The summed E-state index contributed by atoms with van der Waals surface area (Å²) >= 11 is 0. The van der Waals surface area contributed by atoms with Crippen LogP contribution in [0, 0.1) is 0 Å². The summed E-state index contributed by atoms with van der Waals surface area (Å²) in [6.07, 6.45) is 2.11. The Bertz CT molecular complexity index is 1270. The molecule has 0 saturated carbocycles. The number of aromatic hydroxyl groups is 1. The Morgan fingerprint density at radius 1 is 0.971 bits per heavy atom. The van der Waals surface area contributed by atoms with E-state index in [-0.39, 0.29) is 23.5 Å². The molecule has 2 unspecified atom stereocenters. The van der Waals surface area contributed by atoms with Crippen molar-refractivity contribution in [3.63, 3.8) is 0 Å². The van der Waals surface area contributed by atoms with Crippen molar-refractivity contribution < 1.29 is 19.4 Å². The third kappa shape index (κ3) is 4.56. The van der Waals surface area contributed by atoms with Crippen LogP contribution in [0.25, 0.3) is 0 Å². The van der Waals surface area contributed by atoms with Crippen LogP contribution in [-0.4, -0.2) is 24.6 Å². The van der Waals surface area contributed by atoms with Crippen molar-refractivity contribution in [2.75, 3.05) is 24.4 Å². The number of Topliss-reactive ketones (excluding diaryl/α,β-unsaturated/α-hetero) is 1. The smallest absolute Gasteiger partial charge is 0.163 e. The highest BCUT2D eigenvalue weighted by Crippen LogP contribution is 2.45. The number of fused-ring (bicyclic) bond motifs is 1. The molecule has 0 amide bonds. The van der Waals surface area contributed by atoms with E-state index in [9.17, 15) is 9.90 Å². The minimum Gasteiger partial charge on any atom is -0.504 e. The molecule has 0 bridgehead atoms. The van der Waals surface area contributed by atoms with Gasteiger partial charge in [0.1, 0.15) is 5.75 Å². The van der Waals surface area contributed by atoms with Gasteiger partial charge < -0.3 is 25.2 Å². The largest absolute Gasteiger partial charge is 0.504 e. The molecule has 0 radical (unpaired) electrons. The molecule has 35 heavy (non-hydrogen) atoms. The lowest BCUT2D eigenvalue weighted by Gasteiger charge is -2.30. The molecule has 0 aromatic heterocycles. The van der Waals surface area contributed by atoms with E-state index in [4.69, 9.17) is 9.47 Å². The summed E-state index contributed by atoms with van der Waals surface area (Å²) in [5, 5.41) is 17.2. The number of allylic oxidation sites excluding steroid dienone is 1. The first-order chi connectivity index (χ1) is 17.1. The van der Waals surface area contributed by atoms with E-state index in [1.165, 1.54) is 7.11 Å². The Morgan fingerprint density at radius 3 is 2.46 bits per heavy atom. The van der Waals surface area contributed by atoms with Gasteiger partial charge in [-0.25, -0.2) is 0 Å². The van der Waals surface area contributed by atoms with Crippen LogP contribution in [-0.2, 0) is 4.79 Å². The zero-order valence-electron chi connectivity index (χ0n) is 20.0. The average Bonchev–Trinajstić information content (AvgIpc) is 3.05. The van der Waals surface area contributed by atoms with Crippen molar-refractivity contribution >= 4 is 17.2 Å². The number of carbonyl (C=O) groups excluding carboxylic acids is 1. The minimum absolute atomic E-state index is 0.0685. The van der Waals surface area contributed by atoms with Crippen LogP contribution < -0.4 is 20.1 Å². The number of nitrogens with one attached hydrogen (secondary N) is 2. The maximum Gasteiger partial charge on any atom is 0.163 e. The Hall–Kier alpha value is -3.93. The van der Waals surface area contributed by atoms with E-state index in [1.807, 2.05) is 42.5 Å². The maximum atomic E-state index is 13.7. The number of phenols is 1. The summed E-state index contributed by atoms with van der Waals surface area (Å²) < 4.78 is 11.1. The van der Waals surface area contributed by atoms with Crippen molar-refractivity contribution in [3.8, 4) is 17.2 Å². The molecule has 3 aromatic carbocycles. The van der Waals surface area contributed by atoms with Gasteiger partial charge in [-0.2, -0.15) is 0 Å². The average molecular weight is 471 g/mol. The van der Waals surface area contributed by atoms with Gasteiger partial charge in [-0.3, -0.25) is 4.79 Å². The predicted molar refractivity (Wildman–Crippen MR) is 137 cm³/mol. The van der Waals surface area contributed by atoms with Gasteiger partial charge in [0.25, 0.3) is 0 Å². The summed E-state index contributed by atoms with van der Waals surface area (Å²) in [5.41, 5.74) is 5.49. The molecule has 3 N–H and O–H groups in total. The van der Waals surface area contributed by atoms with E-state index in [0.29, 0.717) is 18.8 Å². The first-order valence-corrected chi connectivity index (χ1v) is 12.1. The molecule has 6 heteroatoms. The predicted octanol–water partition coefficient (Wildman–Crippen LogP) is 6.17. The van der Waals surface area contributed by atoms with Gasteiger partial charge >= 0.3 is 0 Å². The van der Waals surface area contributed by atoms with Crippen molar-refractivity contribution in [1.29, 1.82) is 0 Å². The Labute approximate surface area is 205 Å². The highest BCUT2D eigenvalue weighted by molar-refractivity contribution is 6.01. The first-order valence-electron chi connectivity index (χ1n) is 12.1. The molecule has 6 nitrogen and oxygen atoms in total. The maximum absolute atomic E-state index is 13.7. The number of hydrogen-bond acceptors (Lipinski definition) is 6. The fraction of sp³-hybridized carbons (Fsp3) is 0.276. The number of hydrogen-bond donors (Lipinski definition) is 3. The van der Waals surface area contributed by atoms with E-state index in [0.717, 1.165) is 52.4 Å². The number of phenolic OH excluding ortho intramolecular Hbond substituents is 1. The number of benzene rings is 3. The van der Waals surface area contributed by atoms with Crippen LogP contribution in [0.5, 0.6) is 17.2 Å². The van der Waals surface area contributed by atoms with Gasteiger partial charge in [-0.05, 0) is 66.3 Å². The molecule has 0 spiro atoms. The van der Waals surface area contributed by atoms with E-state index >= 15 is 0 Å². The van der Waals surface area contributed by atoms with Crippen LogP contribution >= 0.6 is 0 Å². The topological polar surface area (TPSA) is 79.8 Å². The van der Waals surface area contributed by atoms with Crippen LogP contribution in [0.15, 0.2) is 78.0 Å². The minimum atomic E-state index is -0.367. The van der Waals surface area contributed by atoms with Gasteiger partial charge in [0.05, 0.1) is 31.1 Å². The van der Waals surface area contributed by atoms with E-state index < -0.39 is 0 Å². The Balaban J connectivity index is 1.52. The number of ketones is 1. The Morgan fingerprint density at radius 2 is 1.71 bits per heavy atom. The molecular weight excluding hydrogens is 440 g/mol. The van der Waals surface area contributed by atoms with Gasteiger partial charge in [0.15, 0.2) is 17.3 Å². The molecule has 0 fully saturated rings. The fourth-order valence-corrected chi connectivity index (χ4v) is 4.91. The first kappa shape index (κ1) is 22.8. The van der Waals surface area contributed by atoms with Gasteiger partial charge in [0.2, 0.25) is 0 Å². The normalized spacial score (nSPS) is 19.1. The van der Waals surface area contributed by atoms with E-state index in [2.05, 4.69) is 29.7 Å². The summed E-state index contributed by atoms with van der Waals surface area (Å²) in [6.45, 7) is 2.78. The second-order valence-electron chi connectivity index (χ2n) is 9.02. The van der Waals surface area contributed by atoms with Crippen molar-refractivity contribution in [2.24, 2.45) is 0 Å². The summed E-state index contributed by atoms with van der Waals surface area (Å²) in [5.74, 6) is 1.48. The third-order valence-electron chi connectivity index (χ3n) is 6.67. The SMILES string of the molecule is CCCOc1ccc(C2CC(=O)C3=C(C2)Nc2ccccc2NC3c2ccc(O)c(OC)c2)cc1. The summed E-state index contributed by atoms with van der Waals surface area (Å²) in [4.78, 5) is 13.7. The Kier molecular flexibility index (Phi) is 6.36. The molecule has 5 rings (SSSR count).